The standard InChI is InChI=1S/C31H39N3O5S/c1-23-13-15-27(16-14-23)40(36,37)34-26-19-25(20-32-21-26)31(35)33-22-29(24-9-4-3-5-10-24)28-11-6-7-12-30(28)39-18-8-17-38-2/h3-7,9-16,25-26,29,32,34H,8,17-22H2,1-2H3,(H,33,35)/t25-,26-,29?/m0/s1. The highest BCUT2D eigenvalue weighted by atomic mass is 32.2. The molecule has 0 radical (unpaired) electrons. The van der Waals surface area contributed by atoms with Crippen LogP contribution in [0.5, 0.6) is 5.75 Å². The molecule has 4 rings (SSSR count). The maximum Gasteiger partial charge on any atom is 0.240 e. The fourth-order valence-corrected chi connectivity index (χ4v) is 6.21. The van der Waals surface area contributed by atoms with Crippen LogP contribution in [0.15, 0.2) is 83.8 Å². The van der Waals surface area contributed by atoms with Crippen molar-refractivity contribution in [2.24, 2.45) is 5.92 Å². The molecule has 3 N–H and O–H groups in total. The number of nitrogens with one attached hydrogen (secondary N) is 3. The molecule has 1 unspecified atom stereocenters. The lowest BCUT2D eigenvalue weighted by Gasteiger charge is -2.30. The monoisotopic (exact) mass is 565 g/mol. The Hall–Kier alpha value is -3.24. The molecule has 1 saturated heterocycles. The molecule has 1 heterocycles. The summed E-state index contributed by atoms with van der Waals surface area (Å²) in [6.45, 7) is 4.41. The molecule has 1 aliphatic rings. The zero-order valence-corrected chi connectivity index (χ0v) is 24.0. The van der Waals surface area contributed by atoms with Crippen molar-refractivity contribution in [2.45, 2.75) is 36.6 Å². The van der Waals surface area contributed by atoms with Crippen LogP contribution in [0.4, 0.5) is 0 Å². The molecule has 0 bridgehead atoms. The van der Waals surface area contributed by atoms with Gasteiger partial charge in [0.15, 0.2) is 0 Å². The number of benzene rings is 3. The van der Waals surface area contributed by atoms with Crippen LogP contribution in [0.25, 0.3) is 0 Å². The van der Waals surface area contributed by atoms with Crippen molar-refractivity contribution in [2.75, 3.05) is 40.0 Å². The molecule has 3 aromatic rings. The average Bonchev–Trinajstić information content (AvgIpc) is 2.96. The number of hydrogen-bond acceptors (Lipinski definition) is 6. The number of hydrogen-bond donors (Lipinski definition) is 3. The highest BCUT2D eigenvalue weighted by molar-refractivity contribution is 7.89. The van der Waals surface area contributed by atoms with Crippen LogP contribution in [0.1, 0.15) is 35.4 Å². The summed E-state index contributed by atoms with van der Waals surface area (Å²) in [5.41, 5.74) is 3.06. The molecule has 40 heavy (non-hydrogen) atoms. The Morgan fingerprint density at radius 1 is 0.975 bits per heavy atom. The normalized spacial score (nSPS) is 18.1. The summed E-state index contributed by atoms with van der Waals surface area (Å²) in [6.07, 6.45) is 1.19. The lowest BCUT2D eigenvalue weighted by atomic mass is 9.89. The van der Waals surface area contributed by atoms with Gasteiger partial charge in [-0.15, -0.1) is 0 Å². The summed E-state index contributed by atoms with van der Waals surface area (Å²) in [6, 6.07) is 24.3. The second kappa shape index (κ2) is 14.4. The molecule has 0 aliphatic carbocycles. The zero-order valence-electron chi connectivity index (χ0n) is 23.1. The zero-order chi connectivity index (χ0) is 28.4. The van der Waals surface area contributed by atoms with E-state index in [-0.39, 0.29) is 28.7 Å². The van der Waals surface area contributed by atoms with Gasteiger partial charge in [0, 0.05) is 57.3 Å². The lowest BCUT2D eigenvalue weighted by Crippen LogP contribution is -2.52. The molecule has 8 nitrogen and oxygen atoms in total. The van der Waals surface area contributed by atoms with Gasteiger partial charge in [0.1, 0.15) is 5.75 Å². The molecule has 3 aromatic carbocycles. The molecular weight excluding hydrogens is 526 g/mol. The highest BCUT2D eigenvalue weighted by Gasteiger charge is 2.31. The summed E-state index contributed by atoms with van der Waals surface area (Å²) in [5, 5.41) is 6.37. The van der Waals surface area contributed by atoms with Gasteiger partial charge >= 0.3 is 0 Å². The minimum absolute atomic E-state index is 0.105. The van der Waals surface area contributed by atoms with E-state index < -0.39 is 10.0 Å². The van der Waals surface area contributed by atoms with Gasteiger partial charge in [0.25, 0.3) is 0 Å². The number of rotatable bonds is 13. The Morgan fingerprint density at radius 3 is 2.45 bits per heavy atom. The molecule has 214 valence electrons. The molecule has 1 amide bonds. The van der Waals surface area contributed by atoms with Crippen LogP contribution in [-0.4, -0.2) is 60.3 Å². The Balaban J connectivity index is 1.42. The fraction of sp³-hybridized carbons (Fsp3) is 0.387. The van der Waals surface area contributed by atoms with Crippen molar-refractivity contribution in [1.29, 1.82) is 0 Å². The van der Waals surface area contributed by atoms with Crippen LogP contribution in [0, 0.1) is 12.8 Å². The van der Waals surface area contributed by atoms with Gasteiger partial charge in [0.2, 0.25) is 15.9 Å². The van der Waals surface area contributed by atoms with E-state index in [9.17, 15) is 13.2 Å². The molecule has 1 fully saturated rings. The summed E-state index contributed by atoms with van der Waals surface area (Å²) >= 11 is 0. The number of ether oxygens (including phenoxy) is 2. The summed E-state index contributed by atoms with van der Waals surface area (Å²) in [4.78, 5) is 13.6. The van der Waals surface area contributed by atoms with Gasteiger partial charge in [0.05, 0.1) is 17.4 Å². The van der Waals surface area contributed by atoms with Gasteiger partial charge in [-0.25, -0.2) is 13.1 Å². The maximum absolute atomic E-state index is 13.3. The smallest absolute Gasteiger partial charge is 0.240 e. The lowest BCUT2D eigenvalue weighted by molar-refractivity contribution is -0.125. The van der Waals surface area contributed by atoms with Crippen molar-refractivity contribution >= 4 is 15.9 Å². The molecule has 0 saturated carbocycles. The predicted molar refractivity (Wildman–Crippen MR) is 156 cm³/mol. The van der Waals surface area contributed by atoms with Crippen LogP contribution in [0.3, 0.4) is 0 Å². The van der Waals surface area contributed by atoms with Gasteiger partial charge < -0.3 is 20.1 Å². The summed E-state index contributed by atoms with van der Waals surface area (Å²) in [5.74, 6) is 0.199. The van der Waals surface area contributed by atoms with Crippen LogP contribution < -0.4 is 20.1 Å². The van der Waals surface area contributed by atoms with E-state index in [1.165, 1.54) is 0 Å². The largest absolute Gasteiger partial charge is 0.493 e. The SMILES string of the molecule is COCCCOc1ccccc1C(CNC(=O)[C@@H]1CNC[C@@H](NS(=O)(=O)c2ccc(C)cc2)C1)c1ccccc1. The van der Waals surface area contributed by atoms with Crippen molar-refractivity contribution < 1.29 is 22.7 Å². The molecule has 9 heteroatoms. The fourth-order valence-electron chi connectivity index (χ4n) is 4.96. The number of piperidine rings is 1. The van der Waals surface area contributed by atoms with Crippen LogP contribution in [0.2, 0.25) is 0 Å². The van der Waals surface area contributed by atoms with Crippen molar-refractivity contribution in [3.05, 3.63) is 95.6 Å². The third kappa shape index (κ3) is 8.14. The topological polar surface area (TPSA) is 106 Å². The van der Waals surface area contributed by atoms with Crippen molar-refractivity contribution in [1.82, 2.24) is 15.4 Å². The van der Waals surface area contributed by atoms with Crippen LogP contribution in [-0.2, 0) is 19.6 Å². The minimum Gasteiger partial charge on any atom is -0.493 e. The van der Waals surface area contributed by atoms with E-state index in [1.807, 2.05) is 49.4 Å². The van der Waals surface area contributed by atoms with E-state index in [4.69, 9.17) is 9.47 Å². The quantitative estimate of drug-likeness (QED) is 0.274. The average molecular weight is 566 g/mol. The van der Waals surface area contributed by atoms with Crippen molar-refractivity contribution in [3.8, 4) is 5.75 Å². The van der Waals surface area contributed by atoms with Gasteiger partial charge in [-0.3, -0.25) is 4.79 Å². The molecule has 3 atom stereocenters. The Kier molecular flexibility index (Phi) is 10.7. The number of sulfonamides is 1. The second-order valence-electron chi connectivity index (χ2n) is 10.2. The number of carbonyl (C=O) groups is 1. The van der Waals surface area contributed by atoms with E-state index >= 15 is 0 Å². The number of aryl methyl sites for hydroxylation is 1. The number of carbonyl (C=O) groups excluding carboxylic acids is 1. The van der Waals surface area contributed by atoms with Crippen LogP contribution >= 0.6 is 0 Å². The number of amides is 1. The van der Waals surface area contributed by atoms with E-state index in [1.54, 1.807) is 31.4 Å². The minimum atomic E-state index is -3.68. The van der Waals surface area contributed by atoms with Gasteiger partial charge in [-0.2, -0.15) is 0 Å². The maximum atomic E-state index is 13.3. The molecule has 0 spiro atoms. The first-order chi connectivity index (χ1) is 19.4. The van der Waals surface area contributed by atoms with E-state index in [2.05, 4.69) is 27.5 Å². The summed E-state index contributed by atoms with van der Waals surface area (Å²) in [7, 11) is -2.01. The van der Waals surface area contributed by atoms with E-state index in [0.29, 0.717) is 39.3 Å². The highest BCUT2D eigenvalue weighted by Crippen LogP contribution is 2.32. The number of methoxy groups -OCH3 is 1. The predicted octanol–water partition coefficient (Wildman–Crippen LogP) is 3.62. The second-order valence-corrected chi connectivity index (χ2v) is 11.9. The third-order valence-corrected chi connectivity index (χ3v) is 8.64. The Bertz CT molecular complexity index is 1330. The first-order valence-corrected chi connectivity index (χ1v) is 15.2. The van der Waals surface area contributed by atoms with Gasteiger partial charge in [-0.1, -0.05) is 66.2 Å². The summed E-state index contributed by atoms with van der Waals surface area (Å²) < 4.78 is 39.8. The Labute approximate surface area is 237 Å². The number of para-hydroxylation sites is 1. The van der Waals surface area contributed by atoms with Gasteiger partial charge in [-0.05, 0) is 37.1 Å². The third-order valence-electron chi connectivity index (χ3n) is 7.10. The first-order valence-electron chi connectivity index (χ1n) is 13.7. The van der Waals surface area contributed by atoms with Crippen molar-refractivity contribution in [3.63, 3.8) is 0 Å². The molecule has 1 aliphatic heterocycles. The first kappa shape index (κ1) is 29.7. The molecule has 0 aromatic heterocycles. The molecular formula is C31H39N3O5S. The Morgan fingerprint density at radius 2 is 1.70 bits per heavy atom. The van der Waals surface area contributed by atoms with E-state index in [0.717, 1.165) is 28.9 Å².